The minimum atomic E-state index is -0.647. The van der Waals surface area contributed by atoms with Crippen molar-refractivity contribution in [2.75, 3.05) is 13.7 Å². The van der Waals surface area contributed by atoms with Crippen molar-refractivity contribution < 1.29 is 14.3 Å². The molecular weight excluding hydrogens is 296 g/mol. The summed E-state index contributed by atoms with van der Waals surface area (Å²) in [6.07, 6.45) is 2.96. The van der Waals surface area contributed by atoms with E-state index in [4.69, 9.17) is 0 Å². The largest absolute Gasteiger partial charge is 0.453 e. The maximum Gasteiger partial charge on any atom is 0.407 e. The summed E-state index contributed by atoms with van der Waals surface area (Å²) < 4.78 is 4.66. The van der Waals surface area contributed by atoms with E-state index in [2.05, 4.69) is 20.0 Å². The zero-order valence-corrected chi connectivity index (χ0v) is 14.5. The first-order valence-corrected chi connectivity index (χ1v) is 7.90. The lowest BCUT2D eigenvalue weighted by Gasteiger charge is -2.35. The number of carbonyl (C=O) groups excluding carboxylic acids is 2. The second kappa shape index (κ2) is 6.60. The maximum absolute atomic E-state index is 13.0. The molecule has 1 aromatic heterocycles. The van der Waals surface area contributed by atoms with Crippen LogP contribution >= 0.6 is 0 Å². The van der Waals surface area contributed by atoms with Gasteiger partial charge in [0.1, 0.15) is 11.9 Å². The SMILES string of the molecule is COC(=O)NC(C(=O)N1CCC[C@H]1c1ncc(C)[nH]1)C(C)(C)C. The molecule has 2 atom stereocenters. The van der Waals surface area contributed by atoms with E-state index in [9.17, 15) is 9.59 Å². The minimum absolute atomic E-state index is 0.0690. The minimum Gasteiger partial charge on any atom is -0.453 e. The Bertz CT molecular complexity index is 576. The summed E-state index contributed by atoms with van der Waals surface area (Å²) in [4.78, 5) is 34.1. The monoisotopic (exact) mass is 322 g/mol. The number of amides is 2. The molecule has 2 heterocycles. The van der Waals surface area contributed by atoms with Crippen molar-refractivity contribution in [3.05, 3.63) is 17.7 Å². The standard InChI is InChI=1S/C16H26N4O3/c1-10-9-17-13(18-10)11-7-6-8-20(11)14(21)12(16(2,3)4)19-15(22)23-5/h9,11-12H,6-8H2,1-5H3,(H,17,18)(H,19,22)/t11-,12?/m0/s1. The van der Waals surface area contributed by atoms with Gasteiger partial charge in [0.2, 0.25) is 5.91 Å². The molecule has 0 aliphatic carbocycles. The summed E-state index contributed by atoms with van der Waals surface area (Å²) in [5, 5.41) is 2.68. The molecule has 1 unspecified atom stereocenters. The molecule has 23 heavy (non-hydrogen) atoms. The number of hydrogen-bond acceptors (Lipinski definition) is 4. The lowest BCUT2D eigenvalue weighted by molar-refractivity contribution is -0.137. The Morgan fingerprint density at radius 1 is 1.48 bits per heavy atom. The molecule has 2 rings (SSSR count). The van der Waals surface area contributed by atoms with Crippen LogP contribution in [0.2, 0.25) is 0 Å². The predicted octanol–water partition coefficient (Wildman–Crippen LogP) is 2.15. The summed E-state index contributed by atoms with van der Waals surface area (Å²) in [5.41, 5.74) is 0.552. The van der Waals surface area contributed by atoms with E-state index in [-0.39, 0.29) is 11.9 Å². The molecule has 1 saturated heterocycles. The van der Waals surface area contributed by atoms with Gasteiger partial charge in [-0.2, -0.15) is 0 Å². The van der Waals surface area contributed by atoms with Crippen molar-refractivity contribution in [1.29, 1.82) is 0 Å². The molecule has 0 saturated carbocycles. The van der Waals surface area contributed by atoms with Crippen molar-refractivity contribution in [3.63, 3.8) is 0 Å². The smallest absolute Gasteiger partial charge is 0.407 e. The van der Waals surface area contributed by atoms with Crippen LogP contribution in [0.25, 0.3) is 0 Å². The maximum atomic E-state index is 13.0. The lowest BCUT2D eigenvalue weighted by Crippen LogP contribution is -2.54. The Labute approximate surface area is 136 Å². The van der Waals surface area contributed by atoms with Crippen LogP contribution in [0.4, 0.5) is 4.79 Å². The molecule has 2 N–H and O–H groups in total. The van der Waals surface area contributed by atoms with Gasteiger partial charge in [-0.1, -0.05) is 20.8 Å². The number of likely N-dealkylation sites (tertiary alicyclic amines) is 1. The fourth-order valence-electron chi connectivity index (χ4n) is 2.91. The second-order valence-electron chi connectivity index (χ2n) is 7.08. The van der Waals surface area contributed by atoms with Gasteiger partial charge < -0.3 is 19.9 Å². The Hall–Kier alpha value is -2.05. The summed E-state index contributed by atoms with van der Waals surface area (Å²) in [5.74, 6) is 0.707. The Morgan fingerprint density at radius 2 is 2.17 bits per heavy atom. The van der Waals surface area contributed by atoms with Crippen molar-refractivity contribution in [2.45, 2.75) is 52.6 Å². The number of aryl methyl sites for hydroxylation is 1. The first-order chi connectivity index (χ1) is 10.7. The van der Waals surface area contributed by atoms with Gasteiger partial charge in [0.25, 0.3) is 0 Å². The molecule has 128 valence electrons. The van der Waals surface area contributed by atoms with Crippen LogP contribution in [-0.4, -0.2) is 46.6 Å². The van der Waals surface area contributed by atoms with Crippen LogP contribution in [0.5, 0.6) is 0 Å². The van der Waals surface area contributed by atoms with Crippen molar-refractivity contribution in [3.8, 4) is 0 Å². The van der Waals surface area contributed by atoms with E-state index >= 15 is 0 Å². The highest BCUT2D eigenvalue weighted by atomic mass is 16.5. The van der Waals surface area contributed by atoms with Crippen LogP contribution in [-0.2, 0) is 9.53 Å². The third kappa shape index (κ3) is 3.83. The topological polar surface area (TPSA) is 87.3 Å². The summed E-state index contributed by atoms with van der Waals surface area (Å²) in [6.45, 7) is 8.38. The molecule has 1 fully saturated rings. The summed E-state index contributed by atoms with van der Waals surface area (Å²) in [6, 6.07) is -0.716. The third-order valence-electron chi connectivity index (χ3n) is 4.13. The average molecular weight is 322 g/mol. The van der Waals surface area contributed by atoms with E-state index < -0.39 is 17.6 Å². The Morgan fingerprint density at radius 3 is 2.70 bits per heavy atom. The van der Waals surface area contributed by atoms with E-state index in [1.807, 2.05) is 32.6 Å². The number of aromatic amines is 1. The second-order valence-corrected chi connectivity index (χ2v) is 7.08. The number of alkyl carbamates (subject to hydrolysis) is 1. The molecule has 0 spiro atoms. The van der Waals surface area contributed by atoms with Crippen molar-refractivity contribution in [2.24, 2.45) is 5.41 Å². The van der Waals surface area contributed by atoms with Crippen LogP contribution in [0.3, 0.4) is 0 Å². The molecule has 0 aromatic carbocycles. The predicted molar refractivity (Wildman–Crippen MR) is 85.8 cm³/mol. The van der Waals surface area contributed by atoms with E-state index in [0.717, 1.165) is 24.4 Å². The summed E-state index contributed by atoms with van der Waals surface area (Å²) >= 11 is 0. The molecule has 1 aliphatic rings. The average Bonchev–Trinajstić information content (AvgIpc) is 3.10. The number of nitrogens with one attached hydrogen (secondary N) is 2. The first-order valence-electron chi connectivity index (χ1n) is 7.90. The molecule has 7 nitrogen and oxygen atoms in total. The van der Waals surface area contributed by atoms with Gasteiger partial charge >= 0.3 is 6.09 Å². The molecule has 0 bridgehead atoms. The van der Waals surface area contributed by atoms with E-state index in [0.29, 0.717) is 6.54 Å². The quantitative estimate of drug-likeness (QED) is 0.892. The zero-order valence-electron chi connectivity index (χ0n) is 14.5. The number of methoxy groups -OCH3 is 1. The van der Waals surface area contributed by atoms with Gasteiger partial charge in [0.15, 0.2) is 0 Å². The molecule has 1 aromatic rings. The van der Waals surface area contributed by atoms with Crippen molar-refractivity contribution >= 4 is 12.0 Å². The molecule has 2 amide bonds. The van der Waals surface area contributed by atoms with E-state index in [1.165, 1.54) is 7.11 Å². The van der Waals surface area contributed by atoms with Crippen molar-refractivity contribution in [1.82, 2.24) is 20.2 Å². The fourth-order valence-corrected chi connectivity index (χ4v) is 2.91. The van der Waals surface area contributed by atoms with Gasteiger partial charge in [0, 0.05) is 18.4 Å². The number of ether oxygens (including phenoxy) is 1. The number of nitrogens with zero attached hydrogens (tertiary/aromatic N) is 2. The van der Waals surface area contributed by atoms with Gasteiger partial charge in [0.05, 0.1) is 13.2 Å². The summed E-state index contributed by atoms with van der Waals surface area (Å²) in [7, 11) is 1.30. The third-order valence-corrected chi connectivity index (χ3v) is 4.13. The lowest BCUT2D eigenvalue weighted by atomic mass is 9.85. The van der Waals surface area contributed by atoms with Crippen LogP contribution in [0.15, 0.2) is 6.20 Å². The number of H-pyrrole nitrogens is 1. The van der Waals surface area contributed by atoms with Crippen LogP contribution < -0.4 is 5.32 Å². The Balaban J connectivity index is 2.22. The van der Waals surface area contributed by atoms with Crippen LogP contribution in [0, 0.1) is 12.3 Å². The van der Waals surface area contributed by atoms with E-state index in [1.54, 1.807) is 6.20 Å². The fraction of sp³-hybridized carbons (Fsp3) is 0.688. The zero-order chi connectivity index (χ0) is 17.2. The normalized spacial score (nSPS) is 19.5. The molecule has 0 radical (unpaired) electrons. The number of carbonyl (C=O) groups is 2. The van der Waals surface area contributed by atoms with Gasteiger partial charge in [-0.05, 0) is 25.2 Å². The van der Waals surface area contributed by atoms with Crippen LogP contribution in [0.1, 0.15) is 51.2 Å². The van der Waals surface area contributed by atoms with Gasteiger partial charge in [-0.3, -0.25) is 4.79 Å². The number of imidazole rings is 1. The van der Waals surface area contributed by atoms with Gasteiger partial charge in [-0.15, -0.1) is 0 Å². The Kier molecular flexibility index (Phi) is 4.97. The van der Waals surface area contributed by atoms with Gasteiger partial charge in [-0.25, -0.2) is 9.78 Å². The highest BCUT2D eigenvalue weighted by Gasteiger charge is 2.40. The highest BCUT2D eigenvalue weighted by Crippen LogP contribution is 2.33. The number of rotatable bonds is 3. The molecule has 1 aliphatic heterocycles. The number of aromatic nitrogens is 2. The highest BCUT2D eigenvalue weighted by molar-refractivity contribution is 5.87. The number of hydrogen-bond donors (Lipinski definition) is 2. The molecular formula is C16H26N4O3. The molecule has 7 heteroatoms. The first kappa shape index (κ1) is 17.3.